The minimum Gasteiger partial charge on any atom is -0.288 e. The third-order valence-electron chi connectivity index (χ3n) is 3.58. The molecular weight excluding hydrogens is 419 g/mol. The van der Waals surface area contributed by atoms with E-state index in [0.717, 1.165) is 29.5 Å². The number of nitrogens with one attached hydrogen (secondary N) is 1. The minimum absolute atomic E-state index is 0.125. The number of sulfonamides is 1. The largest absolute Gasteiger partial charge is 0.416 e. The Balaban J connectivity index is 1.72. The van der Waals surface area contributed by atoms with Crippen LogP contribution in [0.25, 0.3) is 0 Å². The Labute approximate surface area is 161 Å². The molecule has 0 aliphatic heterocycles. The fraction of sp³-hybridized carbons (Fsp3) is 0.118. The van der Waals surface area contributed by atoms with E-state index < -0.39 is 26.7 Å². The summed E-state index contributed by atoms with van der Waals surface area (Å²) in [4.78, 5) is 12.8. The van der Waals surface area contributed by atoms with Crippen LogP contribution in [-0.4, -0.2) is 14.2 Å². The summed E-state index contributed by atoms with van der Waals surface area (Å²) in [6, 6.07) is 8.43. The Kier molecular flexibility index (Phi) is 5.52. The van der Waals surface area contributed by atoms with Crippen LogP contribution in [0.5, 0.6) is 0 Å². The van der Waals surface area contributed by atoms with Gasteiger partial charge in [-0.15, -0.1) is 11.3 Å². The number of thiophene rings is 2. The molecule has 142 valence electrons. The van der Waals surface area contributed by atoms with Crippen molar-refractivity contribution in [1.82, 2.24) is 4.72 Å². The van der Waals surface area contributed by atoms with Crippen molar-refractivity contribution in [2.24, 2.45) is 0 Å². The molecule has 1 aromatic carbocycles. The SMILES string of the molecule is O=C(c1ccsc1)c1ccc(CNS(=O)(=O)c2cccc(C(F)(F)F)c2)s1. The average molecular weight is 431 g/mol. The molecule has 0 fully saturated rings. The number of benzene rings is 1. The number of rotatable bonds is 6. The van der Waals surface area contributed by atoms with Crippen LogP contribution in [0.4, 0.5) is 13.2 Å². The molecule has 0 spiro atoms. The van der Waals surface area contributed by atoms with Crippen molar-refractivity contribution in [3.63, 3.8) is 0 Å². The van der Waals surface area contributed by atoms with E-state index in [1.807, 2.05) is 0 Å². The van der Waals surface area contributed by atoms with Gasteiger partial charge in [-0.25, -0.2) is 13.1 Å². The Morgan fingerprint density at radius 2 is 1.89 bits per heavy atom. The molecule has 2 aromatic heterocycles. The quantitative estimate of drug-likeness (QED) is 0.583. The molecule has 4 nitrogen and oxygen atoms in total. The van der Waals surface area contributed by atoms with Gasteiger partial charge in [0.05, 0.1) is 15.3 Å². The van der Waals surface area contributed by atoms with Gasteiger partial charge in [-0.05, 0) is 41.8 Å². The monoisotopic (exact) mass is 431 g/mol. The van der Waals surface area contributed by atoms with Crippen LogP contribution in [0.2, 0.25) is 0 Å². The van der Waals surface area contributed by atoms with Gasteiger partial charge in [-0.1, -0.05) is 6.07 Å². The molecule has 2 heterocycles. The summed E-state index contributed by atoms with van der Waals surface area (Å²) in [7, 11) is -4.12. The lowest BCUT2D eigenvalue weighted by Crippen LogP contribution is -2.23. The molecule has 0 amide bonds. The Bertz CT molecular complexity index is 1050. The summed E-state index contributed by atoms with van der Waals surface area (Å²) >= 11 is 2.53. The molecule has 10 heteroatoms. The first-order valence-corrected chi connectivity index (χ1v) is 10.7. The first-order chi connectivity index (χ1) is 12.7. The zero-order chi connectivity index (χ0) is 19.7. The number of carbonyl (C=O) groups is 1. The van der Waals surface area contributed by atoms with Crippen LogP contribution in [-0.2, 0) is 22.7 Å². The number of hydrogen-bond acceptors (Lipinski definition) is 5. The smallest absolute Gasteiger partial charge is 0.288 e. The standard InChI is InChI=1S/C17H12F3NO3S3/c18-17(19,20)12-2-1-3-14(8-12)27(23,24)21-9-13-4-5-15(26-13)16(22)11-6-7-25-10-11/h1-8,10,21H,9H2. The van der Waals surface area contributed by atoms with E-state index in [1.54, 1.807) is 29.0 Å². The third-order valence-corrected chi connectivity index (χ3v) is 6.74. The topological polar surface area (TPSA) is 63.2 Å². The van der Waals surface area contributed by atoms with Gasteiger partial charge >= 0.3 is 6.18 Å². The molecule has 0 saturated carbocycles. The zero-order valence-corrected chi connectivity index (χ0v) is 15.9. The van der Waals surface area contributed by atoms with Crippen LogP contribution < -0.4 is 4.72 Å². The van der Waals surface area contributed by atoms with Gasteiger partial charge in [0.15, 0.2) is 0 Å². The van der Waals surface area contributed by atoms with Crippen molar-refractivity contribution >= 4 is 38.5 Å². The maximum atomic E-state index is 12.8. The summed E-state index contributed by atoms with van der Waals surface area (Å²) in [5, 5.41) is 3.50. The van der Waals surface area contributed by atoms with Crippen LogP contribution in [0.1, 0.15) is 25.7 Å². The van der Waals surface area contributed by atoms with E-state index in [1.165, 1.54) is 11.3 Å². The normalized spacial score (nSPS) is 12.3. The zero-order valence-electron chi connectivity index (χ0n) is 13.5. The highest BCUT2D eigenvalue weighted by Crippen LogP contribution is 2.30. The second-order valence-electron chi connectivity index (χ2n) is 5.46. The van der Waals surface area contributed by atoms with Gasteiger partial charge < -0.3 is 0 Å². The van der Waals surface area contributed by atoms with Gasteiger partial charge in [0, 0.05) is 22.4 Å². The summed E-state index contributed by atoms with van der Waals surface area (Å²) < 4.78 is 65.1. The number of halogens is 3. The van der Waals surface area contributed by atoms with Gasteiger partial charge in [0.2, 0.25) is 15.8 Å². The minimum atomic E-state index is -4.63. The van der Waals surface area contributed by atoms with Gasteiger partial charge in [-0.3, -0.25) is 4.79 Å². The molecule has 0 aliphatic carbocycles. The Morgan fingerprint density at radius 3 is 2.56 bits per heavy atom. The summed E-state index contributed by atoms with van der Waals surface area (Å²) in [6.45, 7) is -0.125. The first-order valence-electron chi connectivity index (χ1n) is 7.49. The van der Waals surface area contributed by atoms with Crippen LogP contribution in [0.3, 0.4) is 0 Å². The number of carbonyl (C=O) groups excluding carboxylic acids is 1. The van der Waals surface area contributed by atoms with Gasteiger partial charge in [0.1, 0.15) is 0 Å². The summed E-state index contributed by atoms with van der Waals surface area (Å²) in [5.41, 5.74) is -0.483. The first kappa shape index (κ1) is 19.7. The Hall–Kier alpha value is -2.01. The number of hydrogen-bond donors (Lipinski definition) is 1. The second kappa shape index (κ2) is 7.55. The lowest BCUT2D eigenvalue weighted by Gasteiger charge is -2.10. The molecule has 27 heavy (non-hydrogen) atoms. The molecule has 0 aliphatic rings. The predicted molar refractivity (Wildman–Crippen MR) is 97.5 cm³/mol. The molecule has 0 unspecified atom stereocenters. The predicted octanol–water partition coefficient (Wildman–Crippen LogP) is 4.54. The third kappa shape index (κ3) is 4.64. The molecule has 0 saturated heterocycles. The van der Waals surface area contributed by atoms with E-state index in [2.05, 4.69) is 4.72 Å². The molecule has 3 aromatic rings. The van der Waals surface area contributed by atoms with Crippen LogP contribution in [0, 0.1) is 0 Å². The molecule has 0 radical (unpaired) electrons. The molecule has 0 bridgehead atoms. The maximum Gasteiger partial charge on any atom is 0.416 e. The summed E-state index contributed by atoms with van der Waals surface area (Å²) in [5.74, 6) is -0.159. The van der Waals surface area contributed by atoms with Crippen molar-refractivity contribution in [3.05, 3.63) is 74.1 Å². The van der Waals surface area contributed by atoms with E-state index in [9.17, 15) is 26.4 Å². The van der Waals surface area contributed by atoms with Crippen molar-refractivity contribution in [2.45, 2.75) is 17.6 Å². The molecule has 0 atom stereocenters. The van der Waals surface area contributed by atoms with E-state index in [-0.39, 0.29) is 12.3 Å². The van der Waals surface area contributed by atoms with Crippen molar-refractivity contribution < 1.29 is 26.4 Å². The fourth-order valence-electron chi connectivity index (χ4n) is 2.22. The van der Waals surface area contributed by atoms with Crippen molar-refractivity contribution in [3.8, 4) is 0 Å². The molecule has 1 N–H and O–H groups in total. The van der Waals surface area contributed by atoms with Crippen LogP contribution in [0.15, 0.2) is 58.1 Å². The van der Waals surface area contributed by atoms with Gasteiger partial charge in [0.25, 0.3) is 0 Å². The highest BCUT2D eigenvalue weighted by atomic mass is 32.2. The fourth-order valence-corrected chi connectivity index (χ4v) is 4.91. The maximum absolute atomic E-state index is 12.8. The van der Waals surface area contributed by atoms with Crippen molar-refractivity contribution in [2.75, 3.05) is 0 Å². The van der Waals surface area contributed by atoms with Crippen molar-refractivity contribution in [1.29, 1.82) is 0 Å². The van der Waals surface area contributed by atoms with Crippen LogP contribution >= 0.6 is 22.7 Å². The van der Waals surface area contributed by atoms with E-state index in [4.69, 9.17) is 0 Å². The highest BCUT2D eigenvalue weighted by molar-refractivity contribution is 7.89. The number of ketones is 1. The lowest BCUT2D eigenvalue weighted by molar-refractivity contribution is -0.137. The average Bonchev–Trinajstić information content (AvgIpc) is 3.31. The second-order valence-corrected chi connectivity index (χ2v) is 9.17. The number of alkyl halides is 3. The van der Waals surface area contributed by atoms with Gasteiger partial charge in [-0.2, -0.15) is 24.5 Å². The highest BCUT2D eigenvalue weighted by Gasteiger charge is 2.31. The Morgan fingerprint density at radius 1 is 1.11 bits per heavy atom. The van der Waals surface area contributed by atoms with E-state index >= 15 is 0 Å². The summed E-state index contributed by atoms with van der Waals surface area (Å²) in [6.07, 6.45) is -4.63. The van der Waals surface area contributed by atoms with E-state index in [0.29, 0.717) is 21.4 Å². The molecule has 3 rings (SSSR count). The molecular formula is C17H12F3NO3S3. The lowest BCUT2D eigenvalue weighted by atomic mass is 10.2.